The van der Waals surface area contributed by atoms with Crippen molar-refractivity contribution in [1.82, 2.24) is 9.29 Å². The van der Waals surface area contributed by atoms with Crippen molar-refractivity contribution in [2.75, 3.05) is 6.54 Å². The molecule has 1 saturated heterocycles. The number of rotatable bonds is 7. The van der Waals surface area contributed by atoms with Crippen LogP contribution in [0, 0.1) is 6.92 Å². The summed E-state index contributed by atoms with van der Waals surface area (Å²) >= 11 is 1.18. The molecule has 16 heteroatoms. The standard InChI is InChI=1S/C24H20F6N2O6S2/c1-13-19(31-21(37-13)14-9-15(23(25,26)27)11-16(10-14)24(28,29)30)12-39-17-4-6-18(7-5-17)40(35,36)32-8-2-3-20(32)38-22(33)34/h4-7,9-11,20H,2-3,8,12H2,1H3,(H,33,34)/t20-/m1/s1. The second-order valence-electron chi connectivity index (χ2n) is 8.67. The van der Waals surface area contributed by atoms with Gasteiger partial charge in [0.2, 0.25) is 15.9 Å². The van der Waals surface area contributed by atoms with Crippen molar-refractivity contribution in [2.45, 2.75) is 53.9 Å². The highest BCUT2D eigenvalue weighted by Gasteiger charge is 2.39. The van der Waals surface area contributed by atoms with E-state index in [0.717, 1.165) is 4.31 Å². The van der Waals surface area contributed by atoms with E-state index in [9.17, 15) is 39.6 Å². The summed E-state index contributed by atoms with van der Waals surface area (Å²) in [4.78, 5) is 15.5. The number of halogens is 6. The molecule has 0 bridgehead atoms. The average molecular weight is 611 g/mol. The van der Waals surface area contributed by atoms with Gasteiger partial charge in [-0.3, -0.25) is 0 Å². The Bertz CT molecular complexity index is 1470. The van der Waals surface area contributed by atoms with Crippen LogP contribution < -0.4 is 0 Å². The van der Waals surface area contributed by atoms with Crippen LogP contribution in [-0.2, 0) is 32.9 Å². The minimum Gasteiger partial charge on any atom is -0.450 e. The van der Waals surface area contributed by atoms with Crippen molar-refractivity contribution in [3.8, 4) is 11.5 Å². The molecule has 40 heavy (non-hydrogen) atoms. The predicted molar refractivity (Wildman–Crippen MR) is 129 cm³/mol. The molecule has 1 N–H and O–H groups in total. The summed E-state index contributed by atoms with van der Waals surface area (Å²) in [5, 5.41) is 8.84. The maximum Gasteiger partial charge on any atom is 0.507 e. The number of hydrogen-bond donors (Lipinski definition) is 1. The Morgan fingerprint density at radius 3 is 2.25 bits per heavy atom. The van der Waals surface area contributed by atoms with Crippen LogP contribution >= 0.6 is 11.8 Å². The van der Waals surface area contributed by atoms with Gasteiger partial charge in [-0.05, 0) is 55.8 Å². The minimum atomic E-state index is -5.02. The van der Waals surface area contributed by atoms with Crippen molar-refractivity contribution in [3.05, 3.63) is 65.0 Å². The molecule has 1 atom stereocenters. The molecule has 0 aliphatic carbocycles. The minimum absolute atomic E-state index is 0.0168. The number of hydrogen-bond acceptors (Lipinski definition) is 7. The highest BCUT2D eigenvalue weighted by atomic mass is 32.2. The van der Waals surface area contributed by atoms with Crippen LogP contribution in [0.3, 0.4) is 0 Å². The third kappa shape index (κ3) is 6.55. The van der Waals surface area contributed by atoms with Gasteiger partial charge >= 0.3 is 18.5 Å². The molecule has 0 spiro atoms. The quantitative estimate of drug-likeness (QED) is 0.177. The molecule has 0 saturated carbocycles. The van der Waals surface area contributed by atoms with E-state index in [1.54, 1.807) is 0 Å². The zero-order chi connectivity index (χ0) is 29.5. The molecule has 3 aromatic rings. The predicted octanol–water partition coefficient (Wildman–Crippen LogP) is 6.79. The van der Waals surface area contributed by atoms with Crippen LogP contribution in [0.15, 0.2) is 56.7 Å². The molecule has 1 aromatic heterocycles. The van der Waals surface area contributed by atoms with Crippen molar-refractivity contribution < 1.29 is 53.8 Å². The van der Waals surface area contributed by atoms with Gasteiger partial charge in [0.15, 0.2) is 6.23 Å². The number of sulfonamides is 1. The van der Waals surface area contributed by atoms with Crippen LogP contribution in [0.1, 0.15) is 35.4 Å². The number of nitrogens with zero attached hydrogens (tertiary/aromatic N) is 2. The van der Waals surface area contributed by atoms with Gasteiger partial charge in [-0.1, -0.05) is 0 Å². The summed E-state index contributed by atoms with van der Waals surface area (Å²) in [6, 6.07) is 6.74. The summed E-state index contributed by atoms with van der Waals surface area (Å²) in [6.07, 6.45) is -12.1. The second kappa shape index (κ2) is 11.0. The smallest absolute Gasteiger partial charge is 0.450 e. The van der Waals surface area contributed by atoms with Crippen molar-refractivity contribution in [2.24, 2.45) is 0 Å². The van der Waals surface area contributed by atoms with Crippen LogP contribution in [-0.4, -0.2) is 41.7 Å². The topological polar surface area (TPSA) is 110 Å². The van der Waals surface area contributed by atoms with E-state index in [4.69, 9.17) is 9.52 Å². The lowest BCUT2D eigenvalue weighted by molar-refractivity contribution is -0.143. The lowest BCUT2D eigenvalue weighted by Gasteiger charge is -2.22. The molecular formula is C24H20F6N2O6S2. The fourth-order valence-corrected chi connectivity index (χ4v) is 6.46. The molecule has 216 valence electrons. The molecule has 1 aliphatic heterocycles. The van der Waals surface area contributed by atoms with E-state index in [2.05, 4.69) is 9.72 Å². The first-order valence-corrected chi connectivity index (χ1v) is 13.9. The van der Waals surface area contributed by atoms with Gasteiger partial charge in [-0.25, -0.2) is 18.2 Å². The van der Waals surface area contributed by atoms with E-state index >= 15 is 0 Å². The normalized spacial score (nSPS) is 16.8. The first-order chi connectivity index (χ1) is 18.6. The molecule has 0 amide bonds. The number of thioether (sulfide) groups is 1. The summed E-state index contributed by atoms with van der Waals surface area (Å²) in [5.74, 6) is -0.103. The number of carbonyl (C=O) groups is 1. The Morgan fingerprint density at radius 1 is 1.10 bits per heavy atom. The van der Waals surface area contributed by atoms with Crippen LogP contribution in [0.4, 0.5) is 31.1 Å². The molecule has 2 aromatic carbocycles. The van der Waals surface area contributed by atoms with Gasteiger partial charge in [0.25, 0.3) is 0 Å². The lowest BCUT2D eigenvalue weighted by atomic mass is 10.0. The molecule has 4 rings (SSSR count). The van der Waals surface area contributed by atoms with Crippen molar-refractivity contribution in [1.29, 1.82) is 0 Å². The van der Waals surface area contributed by atoms with Gasteiger partial charge in [0.05, 0.1) is 21.7 Å². The average Bonchev–Trinajstić information content (AvgIpc) is 3.48. The number of ether oxygens (including phenoxy) is 1. The monoisotopic (exact) mass is 610 g/mol. The number of aryl methyl sites for hydroxylation is 1. The lowest BCUT2D eigenvalue weighted by Crippen LogP contribution is -2.38. The molecule has 1 fully saturated rings. The van der Waals surface area contributed by atoms with Gasteiger partial charge in [-0.2, -0.15) is 30.6 Å². The zero-order valence-corrected chi connectivity index (χ0v) is 22.0. The Hall–Kier alpha value is -3.24. The van der Waals surface area contributed by atoms with Crippen molar-refractivity contribution >= 4 is 27.9 Å². The maximum atomic E-state index is 13.2. The van der Waals surface area contributed by atoms with E-state index in [-0.39, 0.29) is 41.1 Å². The summed E-state index contributed by atoms with van der Waals surface area (Å²) in [7, 11) is -4.03. The largest absolute Gasteiger partial charge is 0.507 e. The fraction of sp³-hybridized carbons (Fsp3) is 0.333. The summed E-state index contributed by atoms with van der Waals surface area (Å²) < 4.78 is 116. The van der Waals surface area contributed by atoms with Gasteiger partial charge in [0, 0.05) is 29.2 Å². The number of alkyl halides is 6. The number of carboxylic acid groups (broad SMARTS) is 1. The van der Waals surface area contributed by atoms with E-state index in [1.165, 1.54) is 43.0 Å². The Balaban J connectivity index is 1.50. The maximum absolute atomic E-state index is 13.2. The van der Waals surface area contributed by atoms with E-state index in [0.29, 0.717) is 23.4 Å². The fourth-order valence-electron chi connectivity index (χ4n) is 3.98. The summed E-state index contributed by atoms with van der Waals surface area (Å²) in [6.45, 7) is 1.56. The molecule has 1 aliphatic rings. The second-order valence-corrected chi connectivity index (χ2v) is 11.6. The van der Waals surface area contributed by atoms with Gasteiger partial charge < -0.3 is 14.3 Å². The van der Waals surface area contributed by atoms with Crippen molar-refractivity contribution in [3.63, 3.8) is 0 Å². The first-order valence-electron chi connectivity index (χ1n) is 11.5. The van der Waals surface area contributed by atoms with E-state index < -0.39 is 57.3 Å². The number of aromatic nitrogens is 1. The molecule has 2 heterocycles. The SMILES string of the molecule is Cc1oc(-c2cc(C(F)(F)F)cc(C(F)(F)F)c2)nc1CSc1ccc(S(=O)(=O)N2CCC[C@H]2OC(=O)O)cc1. The number of oxazole rings is 1. The van der Waals surface area contributed by atoms with Crippen LogP contribution in [0.25, 0.3) is 11.5 Å². The third-order valence-electron chi connectivity index (χ3n) is 5.92. The Kier molecular flexibility index (Phi) is 8.15. The molecule has 0 unspecified atom stereocenters. The van der Waals surface area contributed by atoms with Crippen LogP contribution in [0.2, 0.25) is 0 Å². The summed E-state index contributed by atoms with van der Waals surface area (Å²) in [5.41, 5.74) is -3.20. The third-order valence-corrected chi connectivity index (χ3v) is 8.85. The highest BCUT2D eigenvalue weighted by molar-refractivity contribution is 7.98. The Morgan fingerprint density at radius 2 is 1.70 bits per heavy atom. The highest BCUT2D eigenvalue weighted by Crippen LogP contribution is 2.39. The Labute approximate surface area is 228 Å². The van der Waals surface area contributed by atoms with E-state index in [1.807, 2.05) is 0 Å². The first kappa shape index (κ1) is 29.7. The zero-order valence-electron chi connectivity index (χ0n) is 20.4. The molecule has 8 nitrogen and oxygen atoms in total. The molecular weight excluding hydrogens is 590 g/mol. The van der Waals surface area contributed by atoms with Gasteiger partial charge in [0.1, 0.15) is 5.76 Å². The van der Waals surface area contributed by atoms with Crippen LogP contribution in [0.5, 0.6) is 0 Å². The number of benzene rings is 2. The molecule has 0 radical (unpaired) electrons. The van der Waals surface area contributed by atoms with Gasteiger partial charge in [-0.15, -0.1) is 11.8 Å².